The van der Waals surface area contributed by atoms with E-state index in [0.717, 1.165) is 16.9 Å². The number of carbonyl (C=O) groups excluding carboxylic acids is 1. The summed E-state index contributed by atoms with van der Waals surface area (Å²) >= 11 is 0. The molecule has 23 heavy (non-hydrogen) atoms. The predicted octanol–water partition coefficient (Wildman–Crippen LogP) is 2.82. The lowest BCUT2D eigenvalue weighted by molar-refractivity contribution is -0.116. The van der Waals surface area contributed by atoms with Crippen molar-refractivity contribution in [2.45, 2.75) is 13.5 Å². The summed E-state index contributed by atoms with van der Waals surface area (Å²) in [5, 5.41) is 2.82. The Labute approximate surface area is 136 Å². The molecule has 0 unspecified atom stereocenters. The van der Waals surface area contributed by atoms with Crippen molar-refractivity contribution in [3.05, 3.63) is 59.8 Å². The van der Waals surface area contributed by atoms with Crippen LogP contribution in [0.3, 0.4) is 0 Å². The molecule has 5 nitrogen and oxygen atoms in total. The van der Waals surface area contributed by atoms with Gasteiger partial charge in [-0.15, -0.1) is 0 Å². The van der Waals surface area contributed by atoms with E-state index in [2.05, 4.69) is 10.3 Å². The average molecular weight is 312 g/mol. The summed E-state index contributed by atoms with van der Waals surface area (Å²) in [5.41, 5.74) is 1.78. The summed E-state index contributed by atoms with van der Waals surface area (Å²) < 4.78 is 10.5. The second kappa shape index (κ2) is 8.58. The fourth-order valence-electron chi connectivity index (χ4n) is 1.95. The molecule has 120 valence electrons. The minimum Gasteiger partial charge on any atom is -0.497 e. The van der Waals surface area contributed by atoms with Gasteiger partial charge in [-0.05, 0) is 36.8 Å². The van der Waals surface area contributed by atoms with Crippen molar-refractivity contribution in [1.82, 2.24) is 10.3 Å². The van der Waals surface area contributed by atoms with Crippen molar-refractivity contribution in [3.8, 4) is 11.6 Å². The Kier molecular flexibility index (Phi) is 6.17. The van der Waals surface area contributed by atoms with E-state index in [9.17, 15) is 4.79 Å². The lowest BCUT2D eigenvalue weighted by Crippen LogP contribution is -2.20. The Morgan fingerprint density at radius 2 is 2.04 bits per heavy atom. The number of methoxy groups -OCH3 is 1. The highest BCUT2D eigenvalue weighted by Crippen LogP contribution is 2.14. The minimum absolute atomic E-state index is 0.174. The van der Waals surface area contributed by atoms with Crippen molar-refractivity contribution >= 4 is 12.0 Å². The zero-order valence-electron chi connectivity index (χ0n) is 13.3. The van der Waals surface area contributed by atoms with E-state index in [-0.39, 0.29) is 5.91 Å². The van der Waals surface area contributed by atoms with Crippen molar-refractivity contribution in [2.24, 2.45) is 0 Å². The van der Waals surface area contributed by atoms with E-state index in [1.54, 1.807) is 19.4 Å². The number of pyridine rings is 1. The molecule has 0 aliphatic carbocycles. The normalized spacial score (nSPS) is 10.5. The highest BCUT2D eigenvalue weighted by Gasteiger charge is 2.04. The van der Waals surface area contributed by atoms with Crippen LogP contribution in [0.2, 0.25) is 0 Å². The monoisotopic (exact) mass is 312 g/mol. The molecule has 0 radical (unpaired) electrons. The summed E-state index contributed by atoms with van der Waals surface area (Å²) in [6, 6.07) is 11.2. The molecule has 5 heteroatoms. The van der Waals surface area contributed by atoms with Gasteiger partial charge in [0.1, 0.15) is 5.75 Å². The standard InChI is InChI=1S/C18H20N2O3/c1-3-23-18-15(5-4-12-19-18)13-20-17(21)11-8-14-6-9-16(22-2)10-7-14/h4-12H,3,13H2,1-2H3,(H,20,21)/b11-8+. The van der Waals surface area contributed by atoms with Gasteiger partial charge in [-0.25, -0.2) is 4.98 Å². The topological polar surface area (TPSA) is 60.5 Å². The Balaban J connectivity index is 1.90. The van der Waals surface area contributed by atoms with Gasteiger partial charge < -0.3 is 14.8 Å². The average Bonchev–Trinajstić information content (AvgIpc) is 2.60. The third-order valence-electron chi connectivity index (χ3n) is 3.13. The molecule has 0 saturated carbocycles. The maximum Gasteiger partial charge on any atom is 0.244 e. The number of carbonyl (C=O) groups is 1. The van der Waals surface area contributed by atoms with E-state index in [1.165, 1.54) is 6.08 Å². The van der Waals surface area contributed by atoms with Gasteiger partial charge in [-0.3, -0.25) is 4.79 Å². The van der Waals surface area contributed by atoms with Crippen LogP contribution in [0.25, 0.3) is 6.08 Å². The molecule has 0 atom stereocenters. The number of hydrogen-bond acceptors (Lipinski definition) is 4. The second-order valence-electron chi connectivity index (χ2n) is 4.72. The minimum atomic E-state index is -0.174. The van der Waals surface area contributed by atoms with Crippen LogP contribution < -0.4 is 14.8 Å². The summed E-state index contributed by atoms with van der Waals surface area (Å²) in [6.07, 6.45) is 4.92. The maximum atomic E-state index is 11.9. The van der Waals surface area contributed by atoms with Crippen LogP contribution in [-0.4, -0.2) is 24.6 Å². The molecular formula is C18H20N2O3. The molecule has 0 aliphatic rings. The second-order valence-corrected chi connectivity index (χ2v) is 4.72. The van der Waals surface area contributed by atoms with Crippen LogP contribution in [0.4, 0.5) is 0 Å². The molecule has 0 bridgehead atoms. The van der Waals surface area contributed by atoms with Gasteiger partial charge in [-0.1, -0.05) is 18.2 Å². The zero-order chi connectivity index (χ0) is 16.5. The van der Waals surface area contributed by atoms with Gasteiger partial charge in [0.15, 0.2) is 0 Å². The van der Waals surface area contributed by atoms with Crippen molar-refractivity contribution in [3.63, 3.8) is 0 Å². The van der Waals surface area contributed by atoms with Gasteiger partial charge in [0.25, 0.3) is 0 Å². The number of nitrogens with one attached hydrogen (secondary N) is 1. The Morgan fingerprint density at radius 3 is 2.74 bits per heavy atom. The highest BCUT2D eigenvalue weighted by atomic mass is 16.5. The van der Waals surface area contributed by atoms with E-state index in [1.807, 2.05) is 43.3 Å². The van der Waals surface area contributed by atoms with Crippen LogP contribution in [0, 0.1) is 0 Å². The first-order chi connectivity index (χ1) is 11.2. The predicted molar refractivity (Wildman–Crippen MR) is 89.3 cm³/mol. The molecule has 1 heterocycles. The fourth-order valence-corrected chi connectivity index (χ4v) is 1.95. The summed E-state index contributed by atoms with van der Waals surface area (Å²) in [5.74, 6) is 1.16. The third-order valence-corrected chi connectivity index (χ3v) is 3.13. The molecule has 1 N–H and O–H groups in total. The van der Waals surface area contributed by atoms with Crippen LogP contribution >= 0.6 is 0 Å². The van der Waals surface area contributed by atoms with Gasteiger partial charge in [-0.2, -0.15) is 0 Å². The Hall–Kier alpha value is -2.82. The lowest BCUT2D eigenvalue weighted by Gasteiger charge is -2.08. The third kappa shape index (κ3) is 5.14. The van der Waals surface area contributed by atoms with Gasteiger partial charge in [0.05, 0.1) is 13.7 Å². The molecule has 0 saturated heterocycles. The van der Waals surface area contributed by atoms with E-state index >= 15 is 0 Å². The fraction of sp³-hybridized carbons (Fsp3) is 0.222. The summed E-state index contributed by atoms with van der Waals surface area (Å²) in [4.78, 5) is 16.1. The number of hydrogen-bond donors (Lipinski definition) is 1. The summed E-state index contributed by atoms with van der Waals surface area (Å²) in [7, 11) is 1.62. The van der Waals surface area contributed by atoms with Crippen LogP contribution in [0.1, 0.15) is 18.1 Å². The van der Waals surface area contributed by atoms with Crippen LogP contribution in [0.15, 0.2) is 48.7 Å². The first kappa shape index (κ1) is 16.5. The molecule has 1 amide bonds. The number of rotatable bonds is 7. The molecule has 2 rings (SSSR count). The van der Waals surface area contributed by atoms with Crippen molar-refractivity contribution in [1.29, 1.82) is 0 Å². The smallest absolute Gasteiger partial charge is 0.244 e. The molecule has 2 aromatic rings. The Morgan fingerprint density at radius 1 is 1.26 bits per heavy atom. The maximum absolute atomic E-state index is 11.9. The number of benzene rings is 1. The molecular weight excluding hydrogens is 292 g/mol. The SMILES string of the molecule is CCOc1ncccc1CNC(=O)/C=C/c1ccc(OC)cc1. The van der Waals surface area contributed by atoms with Gasteiger partial charge in [0.2, 0.25) is 11.8 Å². The highest BCUT2D eigenvalue weighted by molar-refractivity contribution is 5.91. The number of nitrogens with zero attached hydrogens (tertiary/aromatic N) is 1. The lowest BCUT2D eigenvalue weighted by atomic mass is 10.2. The molecule has 1 aromatic carbocycles. The van der Waals surface area contributed by atoms with E-state index in [4.69, 9.17) is 9.47 Å². The van der Waals surface area contributed by atoms with Crippen molar-refractivity contribution < 1.29 is 14.3 Å². The number of amides is 1. The van der Waals surface area contributed by atoms with Gasteiger partial charge in [0, 0.05) is 24.4 Å². The molecule has 1 aromatic heterocycles. The van der Waals surface area contributed by atoms with Crippen LogP contribution in [-0.2, 0) is 11.3 Å². The quantitative estimate of drug-likeness (QED) is 0.799. The Bertz CT molecular complexity index is 666. The summed E-state index contributed by atoms with van der Waals surface area (Å²) in [6.45, 7) is 2.80. The first-order valence-electron chi connectivity index (χ1n) is 7.39. The largest absolute Gasteiger partial charge is 0.497 e. The first-order valence-corrected chi connectivity index (χ1v) is 7.39. The van der Waals surface area contributed by atoms with Crippen LogP contribution in [0.5, 0.6) is 11.6 Å². The molecule has 0 fully saturated rings. The van der Waals surface area contributed by atoms with Crippen molar-refractivity contribution in [2.75, 3.05) is 13.7 Å². The van der Waals surface area contributed by atoms with E-state index in [0.29, 0.717) is 19.0 Å². The zero-order valence-corrected chi connectivity index (χ0v) is 13.3. The number of ether oxygens (including phenoxy) is 2. The molecule has 0 aliphatic heterocycles. The molecule has 0 spiro atoms. The van der Waals surface area contributed by atoms with E-state index < -0.39 is 0 Å². The number of aromatic nitrogens is 1. The van der Waals surface area contributed by atoms with Gasteiger partial charge >= 0.3 is 0 Å².